The van der Waals surface area contributed by atoms with Gasteiger partial charge in [0.25, 0.3) is 0 Å². The zero-order chi connectivity index (χ0) is 17.2. The summed E-state index contributed by atoms with van der Waals surface area (Å²) in [6.45, 7) is 2.41. The monoisotopic (exact) mass is 370 g/mol. The van der Waals surface area contributed by atoms with E-state index < -0.39 is 9.05 Å². The van der Waals surface area contributed by atoms with Crippen LogP contribution in [0.15, 0.2) is 24.3 Å². The molecular weight excluding hydrogens is 348 g/mol. The zero-order valence-corrected chi connectivity index (χ0v) is 15.2. The van der Waals surface area contributed by atoms with Crippen LogP contribution in [-0.2, 0) is 13.8 Å². The average molecular weight is 371 g/mol. The van der Waals surface area contributed by atoms with Crippen molar-refractivity contribution in [3.63, 3.8) is 0 Å². The molecule has 2 aliphatic heterocycles. The molecule has 1 amide bonds. The topological polar surface area (TPSA) is 57.7 Å². The molecule has 0 spiro atoms. The van der Waals surface area contributed by atoms with Crippen LogP contribution in [0.3, 0.4) is 0 Å². The molecule has 2 heterocycles. The Morgan fingerprint density at radius 1 is 1.04 bits per heavy atom. The van der Waals surface area contributed by atoms with Crippen molar-refractivity contribution < 1.29 is 13.2 Å². The number of carbonyl (C=O) groups is 1. The van der Waals surface area contributed by atoms with Crippen LogP contribution in [0.1, 0.15) is 32.1 Å². The van der Waals surface area contributed by atoms with Gasteiger partial charge in [0.05, 0.1) is 17.1 Å². The van der Waals surface area contributed by atoms with Crippen molar-refractivity contribution in [2.75, 3.05) is 35.2 Å². The largest absolute Gasteiger partial charge is 0.370 e. The van der Waals surface area contributed by atoms with Crippen LogP contribution in [0.25, 0.3) is 0 Å². The van der Waals surface area contributed by atoms with E-state index in [-0.39, 0.29) is 24.0 Å². The highest BCUT2D eigenvalue weighted by Crippen LogP contribution is 2.35. The Kier molecular flexibility index (Phi) is 5.35. The maximum absolute atomic E-state index is 12.4. The van der Waals surface area contributed by atoms with E-state index in [9.17, 15) is 13.2 Å². The van der Waals surface area contributed by atoms with E-state index in [0.717, 1.165) is 37.3 Å². The minimum absolute atomic E-state index is 0.0254. The standard InChI is InChI=1S/C17H23ClN2O3S/c18-24(22,23)13-14-11-17(21)20(12-14)16-8-4-3-7-15(16)19-9-5-1-2-6-10-19/h3-4,7-8,14H,1-2,5-6,9-13H2. The highest BCUT2D eigenvalue weighted by Gasteiger charge is 2.34. The van der Waals surface area contributed by atoms with Gasteiger partial charge in [0.15, 0.2) is 0 Å². The quantitative estimate of drug-likeness (QED) is 0.764. The maximum Gasteiger partial charge on any atom is 0.232 e. The van der Waals surface area contributed by atoms with Crippen LogP contribution in [0.4, 0.5) is 11.4 Å². The lowest BCUT2D eigenvalue weighted by Gasteiger charge is -2.29. The van der Waals surface area contributed by atoms with Crippen LogP contribution >= 0.6 is 10.7 Å². The Morgan fingerprint density at radius 3 is 2.29 bits per heavy atom. The van der Waals surface area contributed by atoms with E-state index in [1.54, 1.807) is 4.90 Å². The van der Waals surface area contributed by atoms with Gasteiger partial charge in [0, 0.05) is 42.7 Å². The number of carbonyl (C=O) groups excluding carboxylic acids is 1. The molecule has 7 heteroatoms. The summed E-state index contributed by atoms with van der Waals surface area (Å²) in [7, 11) is 1.77. The van der Waals surface area contributed by atoms with Gasteiger partial charge in [-0.25, -0.2) is 8.42 Å². The Labute approximate surface area is 148 Å². The molecule has 1 aromatic rings. The minimum Gasteiger partial charge on any atom is -0.370 e. The van der Waals surface area contributed by atoms with Gasteiger partial charge >= 0.3 is 0 Å². The number of halogens is 1. The first-order chi connectivity index (χ1) is 11.4. The second-order valence-corrected chi connectivity index (χ2v) is 9.49. The van der Waals surface area contributed by atoms with Gasteiger partial charge in [0.1, 0.15) is 0 Å². The van der Waals surface area contributed by atoms with Crippen LogP contribution in [-0.4, -0.2) is 39.7 Å². The van der Waals surface area contributed by atoms with E-state index >= 15 is 0 Å². The van der Waals surface area contributed by atoms with E-state index in [2.05, 4.69) is 11.0 Å². The normalized spacial score (nSPS) is 22.7. The number of hydrogen-bond acceptors (Lipinski definition) is 4. The van der Waals surface area contributed by atoms with Crippen molar-refractivity contribution in [3.8, 4) is 0 Å². The molecule has 0 bridgehead atoms. The third kappa shape index (κ3) is 4.22. The Bertz CT molecular complexity index is 700. The molecule has 2 fully saturated rings. The number of hydrogen-bond donors (Lipinski definition) is 0. The van der Waals surface area contributed by atoms with Gasteiger partial charge in [-0.3, -0.25) is 4.79 Å². The molecule has 5 nitrogen and oxygen atoms in total. The summed E-state index contributed by atoms with van der Waals surface area (Å²) in [5, 5.41) is 0. The van der Waals surface area contributed by atoms with Crippen molar-refractivity contribution in [2.45, 2.75) is 32.1 Å². The Morgan fingerprint density at radius 2 is 1.67 bits per heavy atom. The molecule has 0 radical (unpaired) electrons. The first-order valence-electron chi connectivity index (χ1n) is 8.51. The highest BCUT2D eigenvalue weighted by atomic mass is 35.7. The SMILES string of the molecule is O=C1CC(CS(=O)(=O)Cl)CN1c1ccccc1N1CCCCCC1. The van der Waals surface area contributed by atoms with Crippen molar-refractivity contribution in [1.29, 1.82) is 0 Å². The predicted molar refractivity (Wildman–Crippen MR) is 97.2 cm³/mol. The molecular formula is C17H23ClN2O3S. The lowest BCUT2D eigenvalue weighted by Crippen LogP contribution is -2.30. The fraction of sp³-hybridized carbons (Fsp3) is 0.588. The van der Waals surface area contributed by atoms with E-state index in [1.807, 2.05) is 18.2 Å². The van der Waals surface area contributed by atoms with Crippen LogP contribution < -0.4 is 9.80 Å². The number of nitrogens with zero attached hydrogens (tertiary/aromatic N) is 2. The van der Waals surface area contributed by atoms with Gasteiger partial charge in [-0.2, -0.15) is 0 Å². The zero-order valence-electron chi connectivity index (χ0n) is 13.7. The number of anilines is 2. The highest BCUT2D eigenvalue weighted by molar-refractivity contribution is 8.13. The molecule has 1 unspecified atom stereocenters. The summed E-state index contributed by atoms with van der Waals surface area (Å²) in [6.07, 6.45) is 5.05. The summed E-state index contributed by atoms with van der Waals surface area (Å²) in [5.41, 5.74) is 1.96. The van der Waals surface area contributed by atoms with Gasteiger partial charge in [-0.1, -0.05) is 25.0 Å². The minimum atomic E-state index is -3.59. The lowest BCUT2D eigenvalue weighted by molar-refractivity contribution is -0.117. The van der Waals surface area contributed by atoms with Crippen molar-refractivity contribution >= 4 is 37.0 Å². The van der Waals surface area contributed by atoms with E-state index in [1.165, 1.54) is 12.8 Å². The summed E-state index contributed by atoms with van der Waals surface area (Å²) in [5.74, 6) is -0.414. The van der Waals surface area contributed by atoms with Gasteiger partial charge in [-0.15, -0.1) is 0 Å². The molecule has 0 saturated carbocycles. The van der Waals surface area contributed by atoms with E-state index in [4.69, 9.17) is 10.7 Å². The second-order valence-electron chi connectivity index (χ2n) is 6.67. The van der Waals surface area contributed by atoms with E-state index in [0.29, 0.717) is 6.54 Å². The van der Waals surface area contributed by atoms with Crippen LogP contribution in [0.2, 0.25) is 0 Å². The fourth-order valence-corrected chi connectivity index (χ4v) is 5.00. The Balaban J connectivity index is 1.83. The molecule has 0 aliphatic carbocycles. The summed E-state index contributed by atoms with van der Waals surface area (Å²) in [6, 6.07) is 7.93. The molecule has 3 rings (SSSR count). The van der Waals surface area contributed by atoms with Gasteiger partial charge < -0.3 is 9.80 Å². The third-order valence-electron chi connectivity index (χ3n) is 4.76. The van der Waals surface area contributed by atoms with Crippen molar-refractivity contribution in [2.24, 2.45) is 5.92 Å². The number of amides is 1. The van der Waals surface area contributed by atoms with Crippen molar-refractivity contribution in [1.82, 2.24) is 0 Å². The number of rotatable bonds is 4. The molecule has 2 aliphatic rings. The third-order valence-corrected chi connectivity index (χ3v) is 6.01. The Hall–Kier alpha value is -1.27. The first kappa shape index (κ1) is 17.5. The number of para-hydroxylation sites is 2. The smallest absolute Gasteiger partial charge is 0.232 e. The summed E-state index contributed by atoms with van der Waals surface area (Å²) in [4.78, 5) is 16.5. The second kappa shape index (κ2) is 7.31. The number of benzene rings is 1. The molecule has 1 aromatic carbocycles. The average Bonchev–Trinajstić information content (AvgIpc) is 2.74. The first-order valence-corrected chi connectivity index (χ1v) is 11.0. The van der Waals surface area contributed by atoms with Gasteiger partial charge in [-0.05, 0) is 25.0 Å². The van der Waals surface area contributed by atoms with Crippen LogP contribution in [0.5, 0.6) is 0 Å². The summed E-state index contributed by atoms with van der Waals surface area (Å²) < 4.78 is 22.6. The maximum atomic E-state index is 12.4. The lowest BCUT2D eigenvalue weighted by atomic mass is 10.1. The van der Waals surface area contributed by atoms with Gasteiger partial charge in [0.2, 0.25) is 15.0 Å². The molecule has 24 heavy (non-hydrogen) atoms. The molecule has 0 aromatic heterocycles. The molecule has 0 N–H and O–H groups in total. The fourth-order valence-electron chi connectivity index (χ4n) is 3.68. The predicted octanol–water partition coefficient (Wildman–Crippen LogP) is 2.99. The summed E-state index contributed by atoms with van der Waals surface area (Å²) >= 11 is 0. The molecule has 2 saturated heterocycles. The van der Waals surface area contributed by atoms with Crippen LogP contribution in [0, 0.1) is 5.92 Å². The molecule has 1 atom stereocenters. The van der Waals surface area contributed by atoms with Crippen molar-refractivity contribution in [3.05, 3.63) is 24.3 Å². The molecule has 132 valence electrons.